The normalized spacial score (nSPS) is 22.4. The third-order valence-corrected chi connectivity index (χ3v) is 5.89. The fourth-order valence-electron chi connectivity index (χ4n) is 4.06. The Kier molecular flexibility index (Phi) is 8.98. The summed E-state index contributed by atoms with van der Waals surface area (Å²) in [6.45, 7) is 17.0. The van der Waals surface area contributed by atoms with Crippen LogP contribution >= 0.6 is 0 Å². The van der Waals surface area contributed by atoms with Crippen molar-refractivity contribution in [2.24, 2.45) is 10.7 Å². The second-order valence-corrected chi connectivity index (χ2v) is 9.80. The number of fused-ring (bicyclic) bond motifs is 1. The Morgan fingerprint density at radius 3 is 2.68 bits per heavy atom. The SMILES string of the molecule is CCCB(C)/C(C)=C/C=C(\C)N=C1CCN(C(=O)OC(C)(C)C)C2CNCCC(N)=C12. The van der Waals surface area contributed by atoms with E-state index in [2.05, 4.69) is 38.1 Å². The second-order valence-electron chi connectivity index (χ2n) is 9.80. The lowest BCUT2D eigenvalue weighted by atomic mass is 9.44. The van der Waals surface area contributed by atoms with Crippen LogP contribution in [-0.4, -0.2) is 54.7 Å². The molecule has 1 atom stereocenters. The lowest BCUT2D eigenvalue weighted by Gasteiger charge is -2.39. The summed E-state index contributed by atoms with van der Waals surface area (Å²) in [5.41, 5.74) is 11.1. The van der Waals surface area contributed by atoms with E-state index in [0.717, 1.165) is 35.6 Å². The molecule has 2 heterocycles. The molecule has 172 valence electrons. The summed E-state index contributed by atoms with van der Waals surface area (Å²) in [5, 5.41) is 3.41. The first-order chi connectivity index (χ1) is 14.5. The Bertz CT molecular complexity index is 777. The van der Waals surface area contributed by atoms with Gasteiger partial charge in [-0.15, -0.1) is 5.47 Å². The highest BCUT2D eigenvalue weighted by atomic mass is 16.6. The van der Waals surface area contributed by atoms with E-state index < -0.39 is 5.60 Å². The molecule has 7 heteroatoms. The highest BCUT2D eigenvalue weighted by Crippen LogP contribution is 2.28. The van der Waals surface area contributed by atoms with Gasteiger partial charge in [0.15, 0.2) is 6.71 Å². The number of hydrogen-bond acceptors (Lipinski definition) is 5. The van der Waals surface area contributed by atoms with Crippen molar-refractivity contribution in [3.8, 4) is 0 Å². The van der Waals surface area contributed by atoms with Crippen molar-refractivity contribution in [1.82, 2.24) is 10.2 Å². The molecule has 2 aliphatic heterocycles. The number of ether oxygens (including phenoxy) is 1. The lowest BCUT2D eigenvalue weighted by Crippen LogP contribution is -2.53. The van der Waals surface area contributed by atoms with E-state index in [1.54, 1.807) is 4.90 Å². The van der Waals surface area contributed by atoms with E-state index in [-0.39, 0.29) is 12.1 Å². The molecule has 1 fully saturated rings. The zero-order valence-corrected chi connectivity index (χ0v) is 20.5. The molecule has 0 saturated carbocycles. The Morgan fingerprint density at radius 1 is 1.32 bits per heavy atom. The van der Waals surface area contributed by atoms with Gasteiger partial charge in [-0.3, -0.25) is 9.89 Å². The summed E-state index contributed by atoms with van der Waals surface area (Å²) in [6.07, 6.45) is 7.79. The van der Waals surface area contributed by atoms with Crippen LogP contribution in [0, 0.1) is 0 Å². The smallest absolute Gasteiger partial charge is 0.410 e. The van der Waals surface area contributed by atoms with Gasteiger partial charge in [0.2, 0.25) is 0 Å². The van der Waals surface area contributed by atoms with E-state index in [0.29, 0.717) is 26.2 Å². The van der Waals surface area contributed by atoms with E-state index >= 15 is 0 Å². The highest BCUT2D eigenvalue weighted by molar-refractivity contribution is 6.65. The van der Waals surface area contributed by atoms with Gasteiger partial charge in [-0.2, -0.15) is 0 Å². The van der Waals surface area contributed by atoms with E-state index in [9.17, 15) is 4.79 Å². The number of rotatable bonds is 5. The molecule has 2 rings (SSSR count). The zero-order chi connectivity index (χ0) is 23.2. The van der Waals surface area contributed by atoms with Crippen LogP contribution in [0.2, 0.25) is 13.1 Å². The molecule has 2 aliphatic rings. The summed E-state index contributed by atoms with van der Waals surface area (Å²) < 4.78 is 5.66. The Labute approximate surface area is 189 Å². The average Bonchev–Trinajstić information content (AvgIpc) is 2.87. The van der Waals surface area contributed by atoms with Crippen molar-refractivity contribution in [2.75, 3.05) is 19.6 Å². The zero-order valence-electron chi connectivity index (χ0n) is 20.5. The number of hydrogen-bond donors (Lipinski definition) is 2. The largest absolute Gasteiger partial charge is 0.444 e. The minimum Gasteiger partial charge on any atom is -0.444 e. The summed E-state index contributed by atoms with van der Waals surface area (Å²) >= 11 is 0. The number of nitrogens with zero attached hydrogens (tertiary/aromatic N) is 2. The number of amides is 1. The Hall–Kier alpha value is -2.02. The fraction of sp³-hybridized carbons (Fsp3) is 0.667. The number of likely N-dealkylation sites (tertiary alicyclic amines) is 1. The lowest BCUT2D eigenvalue weighted by molar-refractivity contribution is 0.0191. The van der Waals surface area contributed by atoms with Crippen LogP contribution in [-0.2, 0) is 4.74 Å². The minimum absolute atomic E-state index is 0.153. The third-order valence-electron chi connectivity index (χ3n) is 5.89. The third kappa shape index (κ3) is 7.27. The predicted octanol–water partition coefficient (Wildman–Crippen LogP) is 4.57. The molecular weight excluding hydrogens is 387 g/mol. The van der Waals surface area contributed by atoms with Crippen molar-refractivity contribution in [2.45, 2.75) is 85.6 Å². The topological polar surface area (TPSA) is 80.0 Å². The molecule has 0 bridgehead atoms. The molecule has 31 heavy (non-hydrogen) atoms. The quantitative estimate of drug-likeness (QED) is 0.497. The van der Waals surface area contributed by atoms with E-state index in [1.807, 2.05) is 27.7 Å². The van der Waals surface area contributed by atoms with Crippen molar-refractivity contribution < 1.29 is 9.53 Å². The number of nitrogens with one attached hydrogen (secondary N) is 1. The molecular formula is C24H41BN4O2. The van der Waals surface area contributed by atoms with Crippen molar-refractivity contribution in [3.63, 3.8) is 0 Å². The number of allylic oxidation sites excluding steroid dienone is 4. The molecule has 1 amide bonds. The monoisotopic (exact) mass is 428 g/mol. The van der Waals surface area contributed by atoms with Gasteiger partial charge in [0, 0.05) is 48.7 Å². The van der Waals surface area contributed by atoms with Gasteiger partial charge in [-0.05, 0) is 40.2 Å². The van der Waals surface area contributed by atoms with Crippen LogP contribution in [0.5, 0.6) is 0 Å². The molecule has 3 N–H and O–H groups in total. The van der Waals surface area contributed by atoms with Crippen LogP contribution in [0.25, 0.3) is 0 Å². The highest BCUT2D eigenvalue weighted by Gasteiger charge is 2.38. The number of carbonyl (C=O) groups is 1. The maximum atomic E-state index is 12.9. The maximum Gasteiger partial charge on any atom is 0.410 e. The van der Waals surface area contributed by atoms with Gasteiger partial charge >= 0.3 is 6.09 Å². The van der Waals surface area contributed by atoms with Crippen LogP contribution in [0.15, 0.2) is 39.6 Å². The van der Waals surface area contributed by atoms with E-state index in [4.69, 9.17) is 15.5 Å². The molecule has 0 spiro atoms. The molecule has 6 nitrogen and oxygen atoms in total. The molecule has 1 unspecified atom stereocenters. The summed E-state index contributed by atoms with van der Waals surface area (Å²) in [7, 11) is 0. The second kappa shape index (κ2) is 11.0. The standard InChI is InChI=1S/C24H41BN4O2/c1-8-13-25(7)17(2)9-10-18(3)28-20-12-15-29(23(30)31-24(4,5)6)21-16-27-14-11-19(26)22(20)21/h9-10,21,27H,8,11-16,26H2,1-7H3/b17-9+,18-10+,28-20?. The van der Waals surface area contributed by atoms with Gasteiger partial charge in [0.25, 0.3) is 0 Å². The molecule has 0 radical (unpaired) electrons. The van der Waals surface area contributed by atoms with Crippen molar-refractivity contribution in [3.05, 3.63) is 34.6 Å². The van der Waals surface area contributed by atoms with Gasteiger partial charge < -0.3 is 15.8 Å². The van der Waals surface area contributed by atoms with Crippen LogP contribution in [0.4, 0.5) is 4.79 Å². The van der Waals surface area contributed by atoms with E-state index in [1.165, 1.54) is 18.2 Å². The Morgan fingerprint density at radius 2 is 2.03 bits per heavy atom. The van der Waals surface area contributed by atoms with Crippen LogP contribution in [0.3, 0.4) is 0 Å². The first kappa shape index (κ1) is 25.2. The first-order valence-electron chi connectivity index (χ1n) is 11.6. The molecule has 0 aromatic carbocycles. The molecule has 1 saturated heterocycles. The fourth-order valence-corrected chi connectivity index (χ4v) is 4.06. The summed E-state index contributed by atoms with van der Waals surface area (Å²) in [4.78, 5) is 19.6. The van der Waals surface area contributed by atoms with Crippen LogP contribution < -0.4 is 11.1 Å². The van der Waals surface area contributed by atoms with Gasteiger partial charge in [-0.25, -0.2) is 4.79 Å². The molecule has 0 aliphatic carbocycles. The maximum absolute atomic E-state index is 12.9. The number of nitrogens with two attached hydrogens (primary N) is 1. The first-order valence-corrected chi connectivity index (χ1v) is 11.6. The van der Waals surface area contributed by atoms with Gasteiger partial charge in [0.1, 0.15) is 5.60 Å². The number of piperidine rings is 1. The van der Waals surface area contributed by atoms with Crippen molar-refractivity contribution >= 4 is 18.5 Å². The molecule has 0 aromatic heterocycles. The Balaban J connectivity index is 2.30. The summed E-state index contributed by atoms with van der Waals surface area (Å²) in [6, 6.07) is -0.153. The number of aliphatic imine (C=N–C) groups is 1. The predicted molar refractivity (Wildman–Crippen MR) is 132 cm³/mol. The number of carbonyl (C=O) groups excluding carboxylic acids is 1. The molecule has 0 aromatic rings. The summed E-state index contributed by atoms with van der Waals surface area (Å²) in [5.74, 6) is 0. The van der Waals surface area contributed by atoms with Crippen LogP contribution in [0.1, 0.15) is 60.8 Å². The van der Waals surface area contributed by atoms with Crippen molar-refractivity contribution in [1.29, 1.82) is 0 Å². The van der Waals surface area contributed by atoms with Gasteiger partial charge in [-0.1, -0.05) is 39.5 Å². The van der Waals surface area contributed by atoms with Gasteiger partial charge in [0.05, 0.1) is 6.04 Å². The minimum atomic E-state index is -0.530. The average molecular weight is 428 g/mol.